The lowest BCUT2D eigenvalue weighted by atomic mass is 10.3. The molecule has 3 aromatic rings. The van der Waals surface area contributed by atoms with Gasteiger partial charge in [0.25, 0.3) is 0 Å². The first-order valence-electron chi connectivity index (χ1n) is 5.49. The number of hydrogen-bond donors (Lipinski definition) is 1. The van der Waals surface area contributed by atoms with Gasteiger partial charge < -0.3 is 9.84 Å². The van der Waals surface area contributed by atoms with Crippen molar-refractivity contribution in [2.75, 3.05) is 11.9 Å². The summed E-state index contributed by atoms with van der Waals surface area (Å²) >= 11 is 0. The molecule has 7 heteroatoms. The molecule has 0 saturated heterocycles. The lowest BCUT2D eigenvalue weighted by molar-refractivity contribution is 0.410. The Morgan fingerprint density at radius 2 is 2.06 bits per heavy atom. The van der Waals surface area contributed by atoms with Crippen LogP contribution in [0.4, 0.5) is 5.82 Å². The van der Waals surface area contributed by atoms with Crippen LogP contribution >= 0.6 is 0 Å². The quantitative estimate of drug-likeness (QED) is 0.731. The average Bonchev–Trinajstić information content (AvgIpc) is 2.92. The molecular weight excluding hydrogens is 232 g/mol. The Labute approximate surface area is 102 Å². The van der Waals surface area contributed by atoms with Crippen molar-refractivity contribution in [3.8, 4) is 0 Å². The minimum atomic E-state index is 0.627. The number of nitrogens with zero attached hydrogens (tertiary/aromatic N) is 5. The zero-order valence-corrected chi connectivity index (χ0v) is 9.45. The van der Waals surface area contributed by atoms with Crippen LogP contribution in [0.25, 0.3) is 11.2 Å². The van der Waals surface area contributed by atoms with E-state index in [1.807, 2.05) is 12.1 Å². The largest absolute Gasteiger partial charge is 0.370 e. The fraction of sp³-hybridized carbons (Fsp3) is 0.182. The summed E-state index contributed by atoms with van der Waals surface area (Å²) in [7, 11) is 0. The van der Waals surface area contributed by atoms with Crippen LogP contribution in [0.15, 0.2) is 35.4 Å². The minimum absolute atomic E-state index is 0.627. The molecule has 0 bridgehead atoms. The molecule has 0 spiro atoms. The Morgan fingerprint density at radius 1 is 1.11 bits per heavy atom. The summed E-state index contributed by atoms with van der Waals surface area (Å²) in [5.74, 6) is 1.43. The molecule has 18 heavy (non-hydrogen) atoms. The second kappa shape index (κ2) is 4.74. The van der Waals surface area contributed by atoms with Gasteiger partial charge in [0.15, 0.2) is 11.5 Å². The van der Waals surface area contributed by atoms with Crippen LogP contribution in [0.1, 0.15) is 5.82 Å². The zero-order chi connectivity index (χ0) is 12.2. The van der Waals surface area contributed by atoms with E-state index in [1.165, 1.54) is 6.39 Å². The normalized spacial score (nSPS) is 10.7. The van der Waals surface area contributed by atoms with Gasteiger partial charge >= 0.3 is 0 Å². The Bertz CT molecular complexity index is 639. The standard InChI is InChI=1S/C11H10N6O/c1-2-9(13-4-3-10-15-7-18-17-10)16-11-8(1)12-5-6-14-11/h1-2,5-7H,3-4H2,(H,13,14,16). The molecule has 0 aliphatic heterocycles. The number of anilines is 1. The summed E-state index contributed by atoms with van der Waals surface area (Å²) in [5, 5.41) is 6.90. The molecule has 0 radical (unpaired) electrons. The highest BCUT2D eigenvalue weighted by Gasteiger charge is 2.01. The number of rotatable bonds is 4. The van der Waals surface area contributed by atoms with Crippen molar-refractivity contribution in [3.05, 3.63) is 36.7 Å². The molecule has 0 aliphatic rings. The Morgan fingerprint density at radius 3 is 2.94 bits per heavy atom. The number of nitrogens with one attached hydrogen (secondary N) is 1. The fourth-order valence-electron chi connectivity index (χ4n) is 1.56. The van der Waals surface area contributed by atoms with Gasteiger partial charge in [-0.15, -0.1) is 0 Å². The van der Waals surface area contributed by atoms with Crippen molar-refractivity contribution in [3.63, 3.8) is 0 Å². The third-order valence-corrected chi connectivity index (χ3v) is 2.39. The second-order valence-electron chi connectivity index (χ2n) is 3.62. The minimum Gasteiger partial charge on any atom is -0.370 e. The molecule has 0 aromatic carbocycles. The second-order valence-corrected chi connectivity index (χ2v) is 3.62. The maximum absolute atomic E-state index is 4.65. The summed E-state index contributed by atoms with van der Waals surface area (Å²) < 4.78 is 4.65. The van der Waals surface area contributed by atoms with Gasteiger partial charge in [0.1, 0.15) is 11.3 Å². The van der Waals surface area contributed by atoms with Crippen LogP contribution < -0.4 is 5.32 Å². The first kappa shape index (κ1) is 10.6. The number of aromatic nitrogens is 5. The van der Waals surface area contributed by atoms with Crippen molar-refractivity contribution in [2.45, 2.75) is 6.42 Å². The predicted octanol–water partition coefficient (Wildman–Crippen LogP) is 1.06. The third-order valence-electron chi connectivity index (χ3n) is 2.39. The fourth-order valence-corrected chi connectivity index (χ4v) is 1.56. The van der Waals surface area contributed by atoms with E-state index in [9.17, 15) is 0 Å². The van der Waals surface area contributed by atoms with E-state index in [1.54, 1.807) is 12.4 Å². The predicted molar refractivity (Wildman–Crippen MR) is 63.8 cm³/mol. The van der Waals surface area contributed by atoms with E-state index < -0.39 is 0 Å². The molecule has 0 aliphatic carbocycles. The molecule has 3 rings (SSSR count). The summed E-state index contributed by atoms with van der Waals surface area (Å²) in [5.41, 5.74) is 1.41. The van der Waals surface area contributed by atoms with Crippen LogP contribution in [0, 0.1) is 0 Å². The smallest absolute Gasteiger partial charge is 0.213 e. The highest BCUT2D eigenvalue weighted by Crippen LogP contribution is 2.09. The third kappa shape index (κ3) is 2.24. The van der Waals surface area contributed by atoms with E-state index in [-0.39, 0.29) is 0 Å². The lowest BCUT2D eigenvalue weighted by Crippen LogP contribution is -2.07. The first-order chi connectivity index (χ1) is 8.92. The van der Waals surface area contributed by atoms with E-state index in [2.05, 4.69) is 34.9 Å². The van der Waals surface area contributed by atoms with Crippen LogP contribution in [0.2, 0.25) is 0 Å². The molecule has 3 aromatic heterocycles. The van der Waals surface area contributed by atoms with Gasteiger partial charge in [0, 0.05) is 25.4 Å². The van der Waals surface area contributed by atoms with Gasteiger partial charge in [-0.2, -0.15) is 4.98 Å². The van der Waals surface area contributed by atoms with E-state index in [4.69, 9.17) is 0 Å². The molecule has 90 valence electrons. The summed E-state index contributed by atoms with van der Waals surface area (Å²) in [6.07, 6.45) is 5.27. The Balaban J connectivity index is 1.67. The Kier molecular flexibility index (Phi) is 2.79. The molecule has 0 amide bonds. The molecule has 0 atom stereocenters. The van der Waals surface area contributed by atoms with Gasteiger partial charge in [-0.1, -0.05) is 5.16 Å². The van der Waals surface area contributed by atoms with Gasteiger partial charge in [-0.05, 0) is 12.1 Å². The van der Waals surface area contributed by atoms with Crippen LogP contribution in [-0.2, 0) is 6.42 Å². The highest BCUT2D eigenvalue weighted by atomic mass is 16.5. The summed E-state index contributed by atoms with van der Waals surface area (Å²) in [6.45, 7) is 0.679. The zero-order valence-electron chi connectivity index (χ0n) is 9.45. The van der Waals surface area contributed by atoms with Crippen LogP contribution in [0.5, 0.6) is 0 Å². The van der Waals surface area contributed by atoms with Crippen LogP contribution in [-0.4, -0.2) is 31.6 Å². The van der Waals surface area contributed by atoms with Crippen LogP contribution in [0.3, 0.4) is 0 Å². The van der Waals surface area contributed by atoms with Crippen molar-refractivity contribution >= 4 is 17.0 Å². The maximum Gasteiger partial charge on any atom is 0.213 e. The maximum atomic E-state index is 4.65. The molecule has 1 N–H and O–H groups in total. The summed E-state index contributed by atoms with van der Waals surface area (Å²) in [6, 6.07) is 3.75. The average molecular weight is 242 g/mol. The first-order valence-corrected chi connectivity index (χ1v) is 5.49. The SMILES string of the molecule is c1cnc2nc(NCCc3ncon3)ccc2n1. The molecule has 0 saturated carbocycles. The Hall–Kier alpha value is -2.57. The molecule has 0 fully saturated rings. The van der Waals surface area contributed by atoms with Gasteiger partial charge in [0.2, 0.25) is 6.39 Å². The van der Waals surface area contributed by atoms with E-state index in [0.29, 0.717) is 24.4 Å². The lowest BCUT2D eigenvalue weighted by Gasteiger charge is -2.04. The molecule has 7 nitrogen and oxygen atoms in total. The van der Waals surface area contributed by atoms with Crippen molar-refractivity contribution in [1.29, 1.82) is 0 Å². The van der Waals surface area contributed by atoms with E-state index in [0.717, 1.165) is 11.3 Å². The topological polar surface area (TPSA) is 89.6 Å². The van der Waals surface area contributed by atoms with Crippen molar-refractivity contribution < 1.29 is 4.52 Å². The van der Waals surface area contributed by atoms with Crippen molar-refractivity contribution in [1.82, 2.24) is 25.1 Å². The van der Waals surface area contributed by atoms with Gasteiger partial charge in [0.05, 0.1) is 0 Å². The highest BCUT2D eigenvalue weighted by molar-refractivity contribution is 5.71. The number of pyridine rings is 1. The monoisotopic (exact) mass is 242 g/mol. The molecular formula is C11H10N6O. The van der Waals surface area contributed by atoms with E-state index >= 15 is 0 Å². The molecule has 0 unspecified atom stereocenters. The number of hydrogen-bond acceptors (Lipinski definition) is 7. The van der Waals surface area contributed by atoms with Crippen molar-refractivity contribution in [2.24, 2.45) is 0 Å². The summed E-state index contributed by atoms with van der Waals surface area (Å²) in [4.78, 5) is 16.6. The van der Waals surface area contributed by atoms with Gasteiger partial charge in [-0.3, -0.25) is 4.98 Å². The van der Waals surface area contributed by atoms with Gasteiger partial charge in [-0.25, -0.2) is 9.97 Å². The number of fused-ring (bicyclic) bond motifs is 1. The molecule has 3 heterocycles.